The smallest absolute Gasteiger partial charge is 0.250 e. The number of benzene rings is 1. The predicted molar refractivity (Wildman–Crippen MR) is 89.7 cm³/mol. The van der Waals surface area contributed by atoms with Crippen molar-refractivity contribution in [1.29, 1.82) is 0 Å². The highest BCUT2D eigenvalue weighted by Gasteiger charge is 2.20. The van der Waals surface area contributed by atoms with Crippen LogP contribution in [0, 0.1) is 0 Å². The lowest BCUT2D eigenvalue weighted by Gasteiger charge is -2.22. The SMILES string of the molecule is O=C(NCCCCSc1ccccc1Br)C1CNCCO1. The van der Waals surface area contributed by atoms with Crippen LogP contribution in [0.2, 0.25) is 0 Å². The van der Waals surface area contributed by atoms with Crippen molar-refractivity contribution in [3.8, 4) is 0 Å². The van der Waals surface area contributed by atoms with Crippen LogP contribution in [0.4, 0.5) is 0 Å². The number of halogens is 1. The summed E-state index contributed by atoms with van der Waals surface area (Å²) < 4.78 is 6.55. The first-order valence-electron chi connectivity index (χ1n) is 7.25. The Bertz CT molecular complexity index is 453. The summed E-state index contributed by atoms with van der Waals surface area (Å²) in [7, 11) is 0. The highest BCUT2D eigenvalue weighted by atomic mass is 79.9. The summed E-state index contributed by atoms with van der Waals surface area (Å²) in [5.74, 6) is 1.06. The molecule has 1 aliphatic heterocycles. The van der Waals surface area contributed by atoms with Crippen LogP contribution in [0.3, 0.4) is 0 Å². The molecular formula is C15H21BrN2O2S. The number of hydrogen-bond donors (Lipinski definition) is 2. The highest BCUT2D eigenvalue weighted by molar-refractivity contribution is 9.10. The molecule has 0 spiro atoms. The zero-order valence-electron chi connectivity index (χ0n) is 11.9. The molecule has 0 radical (unpaired) electrons. The molecule has 4 nitrogen and oxygen atoms in total. The largest absolute Gasteiger partial charge is 0.366 e. The monoisotopic (exact) mass is 372 g/mol. The molecule has 1 aromatic rings. The summed E-state index contributed by atoms with van der Waals surface area (Å²) in [4.78, 5) is 13.1. The number of unbranched alkanes of at least 4 members (excludes halogenated alkanes) is 1. The molecule has 1 amide bonds. The normalized spacial score (nSPS) is 18.4. The van der Waals surface area contributed by atoms with E-state index in [1.165, 1.54) is 4.90 Å². The maximum absolute atomic E-state index is 11.8. The molecule has 116 valence electrons. The predicted octanol–water partition coefficient (Wildman–Crippen LogP) is 2.43. The minimum Gasteiger partial charge on any atom is -0.366 e. The van der Waals surface area contributed by atoms with Gasteiger partial charge in [-0.2, -0.15) is 0 Å². The molecular weight excluding hydrogens is 352 g/mol. The molecule has 1 unspecified atom stereocenters. The summed E-state index contributed by atoms with van der Waals surface area (Å²) in [6.45, 7) is 2.77. The quantitative estimate of drug-likeness (QED) is 0.570. The fraction of sp³-hybridized carbons (Fsp3) is 0.533. The molecule has 2 N–H and O–H groups in total. The van der Waals surface area contributed by atoms with Crippen molar-refractivity contribution in [2.24, 2.45) is 0 Å². The van der Waals surface area contributed by atoms with Gasteiger partial charge in [0.1, 0.15) is 6.10 Å². The Balaban J connectivity index is 1.54. The molecule has 1 fully saturated rings. The lowest BCUT2D eigenvalue weighted by atomic mass is 10.2. The van der Waals surface area contributed by atoms with Crippen LogP contribution in [0.5, 0.6) is 0 Å². The number of ether oxygens (including phenoxy) is 1. The lowest BCUT2D eigenvalue weighted by Crippen LogP contribution is -2.48. The van der Waals surface area contributed by atoms with Crippen LogP contribution >= 0.6 is 27.7 Å². The molecule has 1 atom stereocenters. The fourth-order valence-corrected chi connectivity index (χ4v) is 3.61. The Morgan fingerprint density at radius 1 is 1.43 bits per heavy atom. The maximum atomic E-state index is 11.8. The third-order valence-corrected chi connectivity index (χ3v) is 5.30. The number of carbonyl (C=O) groups excluding carboxylic acids is 1. The average molecular weight is 373 g/mol. The van der Waals surface area contributed by atoms with E-state index in [1.807, 2.05) is 23.9 Å². The van der Waals surface area contributed by atoms with E-state index in [4.69, 9.17) is 4.74 Å². The van der Waals surface area contributed by atoms with E-state index < -0.39 is 0 Å². The molecule has 0 aliphatic carbocycles. The van der Waals surface area contributed by atoms with Crippen LogP contribution in [-0.4, -0.2) is 44.0 Å². The molecule has 21 heavy (non-hydrogen) atoms. The van der Waals surface area contributed by atoms with Crippen molar-refractivity contribution in [2.45, 2.75) is 23.8 Å². The van der Waals surface area contributed by atoms with Gasteiger partial charge in [0.15, 0.2) is 0 Å². The Labute approximate surface area is 138 Å². The second-order valence-corrected chi connectivity index (χ2v) is 6.83. The third-order valence-electron chi connectivity index (χ3n) is 3.18. The van der Waals surface area contributed by atoms with Crippen molar-refractivity contribution in [2.75, 3.05) is 32.0 Å². The van der Waals surface area contributed by atoms with E-state index in [0.29, 0.717) is 13.2 Å². The second kappa shape index (κ2) is 9.46. The van der Waals surface area contributed by atoms with Crippen LogP contribution < -0.4 is 10.6 Å². The van der Waals surface area contributed by atoms with Gasteiger partial charge in [0, 0.05) is 29.0 Å². The van der Waals surface area contributed by atoms with E-state index in [0.717, 1.165) is 36.2 Å². The van der Waals surface area contributed by atoms with E-state index >= 15 is 0 Å². The van der Waals surface area contributed by atoms with Gasteiger partial charge in [-0.1, -0.05) is 12.1 Å². The number of thioether (sulfide) groups is 1. The molecule has 0 aromatic heterocycles. The first-order valence-corrected chi connectivity index (χ1v) is 9.02. The fourth-order valence-electron chi connectivity index (χ4n) is 2.03. The summed E-state index contributed by atoms with van der Waals surface area (Å²) >= 11 is 5.38. The zero-order chi connectivity index (χ0) is 14.9. The molecule has 1 aliphatic rings. The minimum absolute atomic E-state index is 0.000608. The van der Waals surface area contributed by atoms with Crippen molar-refractivity contribution >= 4 is 33.6 Å². The summed E-state index contributed by atoms with van der Waals surface area (Å²) in [5, 5.41) is 6.10. The standard InChI is InChI=1S/C15H21BrN2O2S/c16-12-5-1-2-6-14(12)21-10-4-3-7-18-15(19)13-11-17-8-9-20-13/h1-2,5-6,13,17H,3-4,7-11H2,(H,18,19). The molecule has 0 bridgehead atoms. The topological polar surface area (TPSA) is 50.4 Å². The van der Waals surface area contributed by atoms with Crippen LogP contribution in [-0.2, 0) is 9.53 Å². The Morgan fingerprint density at radius 2 is 2.29 bits per heavy atom. The van der Waals surface area contributed by atoms with Gasteiger partial charge in [-0.3, -0.25) is 4.79 Å². The highest BCUT2D eigenvalue weighted by Crippen LogP contribution is 2.27. The summed E-state index contributed by atoms with van der Waals surface area (Å²) in [6, 6.07) is 8.24. The third kappa shape index (κ3) is 5.98. The Morgan fingerprint density at radius 3 is 3.05 bits per heavy atom. The summed E-state index contributed by atoms with van der Waals surface area (Å²) in [6.07, 6.45) is 1.74. The minimum atomic E-state index is -0.326. The van der Waals surface area contributed by atoms with Gasteiger partial charge in [0.25, 0.3) is 0 Å². The summed E-state index contributed by atoms with van der Waals surface area (Å²) in [5.41, 5.74) is 0. The first kappa shape index (κ1) is 16.8. The van der Waals surface area contributed by atoms with E-state index in [9.17, 15) is 4.79 Å². The van der Waals surface area contributed by atoms with E-state index in [2.05, 4.69) is 38.7 Å². The van der Waals surface area contributed by atoms with Gasteiger partial charge < -0.3 is 15.4 Å². The van der Waals surface area contributed by atoms with Crippen molar-refractivity contribution in [1.82, 2.24) is 10.6 Å². The number of carbonyl (C=O) groups is 1. The van der Waals surface area contributed by atoms with Gasteiger partial charge in [0.05, 0.1) is 6.61 Å². The molecule has 6 heteroatoms. The Hall–Kier alpha value is -0.560. The maximum Gasteiger partial charge on any atom is 0.250 e. The first-order chi connectivity index (χ1) is 10.3. The Kier molecular flexibility index (Phi) is 7.57. The van der Waals surface area contributed by atoms with Gasteiger partial charge >= 0.3 is 0 Å². The molecule has 2 rings (SSSR count). The number of amides is 1. The molecule has 1 aromatic carbocycles. The van der Waals surface area contributed by atoms with Gasteiger partial charge in [-0.25, -0.2) is 0 Å². The van der Waals surface area contributed by atoms with Gasteiger partial charge in [-0.15, -0.1) is 11.8 Å². The molecule has 1 heterocycles. The van der Waals surface area contributed by atoms with Crippen LogP contribution in [0.1, 0.15) is 12.8 Å². The second-order valence-electron chi connectivity index (χ2n) is 4.84. The van der Waals surface area contributed by atoms with Crippen molar-refractivity contribution < 1.29 is 9.53 Å². The lowest BCUT2D eigenvalue weighted by molar-refractivity contribution is -0.134. The van der Waals surface area contributed by atoms with Crippen molar-refractivity contribution in [3.05, 3.63) is 28.7 Å². The van der Waals surface area contributed by atoms with Gasteiger partial charge in [-0.05, 0) is 46.7 Å². The van der Waals surface area contributed by atoms with Crippen LogP contribution in [0.15, 0.2) is 33.6 Å². The van der Waals surface area contributed by atoms with Crippen molar-refractivity contribution in [3.63, 3.8) is 0 Å². The zero-order valence-corrected chi connectivity index (χ0v) is 14.3. The van der Waals surface area contributed by atoms with E-state index in [-0.39, 0.29) is 12.0 Å². The molecule has 0 saturated carbocycles. The number of hydrogen-bond acceptors (Lipinski definition) is 4. The van der Waals surface area contributed by atoms with E-state index in [1.54, 1.807) is 0 Å². The average Bonchev–Trinajstić information content (AvgIpc) is 2.53. The number of morpholine rings is 1. The molecule has 1 saturated heterocycles. The number of nitrogens with one attached hydrogen (secondary N) is 2. The number of rotatable bonds is 7. The van der Waals surface area contributed by atoms with Gasteiger partial charge in [0.2, 0.25) is 5.91 Å². The van der Waals surface area contributed by atoms with Crippen LogP contribution in [0.25, 0.3) is 0 Å².